The zero-order chi connectivity index (χ0) is 14.5. The molecule has 1 amide bonds. The largest absolute Gasteiger partial charge is 0.396 e. The van der Waals surface area contributed by atoms with Gasteiger partial charge in [-0.25, -0.2) is 0 Å². The molecule has 1 aromatic heterocycles. The first kappa shape index (κ1) is 15.0. The summed E-state index contributed by atoms with van der Waals surface area (Å²) in [6.07, 6.45) is 4.84. The molecule has 0 radical (unpaired) electrons. The monoisotopic (exact) mass is 279 g/mol. The van der Waals surface area contributed by atoms with E-state index < -0.39 is 0 Å². The first-order valence-electron chi connectivity index (χ1n) is 7.69. The minimum absolute atomic E-state index is 0.0669. The highest BCUT2D eigenvalue weighted by molar-refractivity contribution is 5.93. The maximum Gasteiger partial charge on any atom is 0.272 e. The predicted octanol–water partition coefficient (Wildman–Crippen LogP) is 1.84. The summed E-state index contributed by atoms with van der Waals surface area (Å²) in [6, 6.07) is 2.26. The topological polar surface area (TPSA) is 58.4 Å². The Kier molecular flexibility index (Phi) is 5.17. The summed E-state index contributed by atoms with van der Waals surface area (Å²) in [5, 5.41) is 13.5. The molecular weight excluding hydrogens is 254 g/mol. The standard InChI is InChI=1S/C15H25N3O2/c1-3-12-11-14(18(4-2)16-12)15(20)17(9-6-10-19)13-7-5-8-13/h11,13,19H,3-10H2,1-2H3. The highest BCUT2D eigenvalue weighted by atomic mass is 16.3. The van der Waals surface area contributed by atoms with Crippen molar-refractivity contribution in [2.75, 3.05) is 13.2 Å². The Hall–Kier alpha value is -1.36. The van der Waals surface area contributed by atoms with Gasteiger partial charge in [0, 0.05) is 25.7 Å². The molecule has 112 valence electrons. The van der Waals surface area contributed by atoms with Crippen molar-refractivity contribution in [3.63, 3.8) is 0 Å². The Morgan fingerprint density at radius 2 is 2.25 bits per heavy atom. The lowest BCUT2D eigenvalue weighted by atomic mass is 9.91. The summed E-state index contributed by atoms with van der Waals surface area (Å²) in [5.41, 5.74) is 1.65. The summed E-state index contributed by atoms with van der Waals surface area (Å²) in [7, 11) is 0. The molecule has 1 aliphatic rings. The molecular formula is C15H25N3O2. The fourth-order valence-corrected chi connectivity index (χ4v) is 2.59. The molecule has 0 saturated heterocycles. The number of carbonyl (C=O) groups excluding carboxylic acids is 1. The van der Waals surface area contributed by atoms with Gasteiger partial charge in [0.2, 0.25) is 0 Å². The van der Waals surface area contributed by atoms with Crippen molar-refractivity contribution in [1.29, 1.82) is 0 Å². The summed E-state index contributed by atoms with van der Waals surface area (Å²) >= 11 is 0. The molecule has 1 fully saturated rings. The number of aliphatic hydroxyl groups is 1. The van der Waals surface area contributed by atoms with Gasteiger partial charge < -0.3 is 10.0 Å². The van der Waals surface area contributed by atoms with Crippen LogP contribution in [0.1, 0.15) is 55.7 Å². The number of aryl methyl sites for hydroxylation is 2. The van der Waals surface area contributed by atoms with E-state index >= 15 is 0 Å². The van der Waals surface area contributed by atoms with Gasteiger partial charge in [0.25, 0.3) is 5.91 Å². The molecule has 1 aliphatic carbocycles. The van der Waals surface area contributed by atoms with Crippen LogP contribution < -0.4 is 0 Å². The molecule has 20 heavy (non-hydrogen) atoms. The predicted molar refractivity (Wildman–Crippen MR) is 77.7 cm³/mol. The van der Waals surface area contributed by atoms with E-state index in [-0.39, 0.29) is 12.5 Å². The molecule has 5 heteroatoms. The molecule has 1 N–H and O–H groups in total. The third-order valence-electron chi connectivity index (χ3n) is 4.04. The van der Waals surface area contributed by atoms with Crippen LogP contribution in [-0.4, -0.2) is 44.9 Å². The second-order valence-corrected chi connectivity index (χ2v) is 5.35. The lowest BCUT2D eigenvalue weighted by molar-refractivity contribution is 0.0550. The smallest absolute Gasteiger partial charge is 0.272 e. The number of aromatic nitrogens is 2. The van der Waals surface area contributed by atoms with Crippen molar-refractivity contribution in [3.8, 4) is 0 Å². The molecule has 0 bridgehead atoms. The van der Waals surface area contributed by atoms with Gasteiger partial charge in [-0.1, -0.05) is 6.92 Å². The number of carbonyl (C=O) groups is 1. The Balaban J connectivity index is 2.19. The second-order valence-electron chi connectivity index (χ2n) is 5.35. The Bertz CT molecular complexity index is 452. The van der Waals surface area contributed by atoms with Gasteiger partial charge in [-0.05, 0) is 45.1 Å². The minimum Gasteiger partial charge on any atom is -0.396 e. The quantitative estimate of drug-likeness (QED) is 0.828. The van der Waals surface area contributed by atoms with E-state index in [9.17, 15) is 4.79 Å². The Morgan fingerprint density at radius 3 is 2.75 bits per heavy atom. The molecule has 1 aromatic rings. The van der Waals surface area contributed by atoms with Crippen LogP contribution in [0.15, 0.2) is 6.07 Å². The highest BCUT2D eigenvalue weighted by Gasteiger charge is 2.30. The first-order chi connectivity index (χ1) is 9.71. The van der Waals surface area contributed by atoms with Crippen LogP contribution in [0.2, 0.25) is 0 Å². The van der Waals surface area contributed by atoms with E-state index in [0.29, 0.717) is 31.2 Å². The summed E-state index contributed by atoms with van der Waals surface area (Å²) in [4.78, 5) is 14.7. The number of rotatable bonds is 7. The van der Waals surface area contributed by atoms with Crippen LogP contribution in [0.4, 0.5) is 0 Å². The molecule has 1 saturated carbocycles. The van der Waals surface area contributed by atoms with Crippen molar-refractivity contribution in [3.05, 3.63) is 17.5 Å². The van der Waals surface area contributed by atoms with Crippen molar-refractivity contribution in [2.24, 2.45) is 0 Å². The van der Waals surface area contributed by atoms with Gasteiger partial charge in [0.15, 0.2) is 0 Å². The number of nitrogens with zero attached hydrogens (tertiary/aromatic N) is 3. The number of hydrogen-bond acceptors (Lipinski definition) is 3. The lowest BCUT2D eigenvalue weighted by Gasteiger charge is -2.37. The first-order valence-corrected chi connectivity index (χ1v) is 7.69. The Labute approximate surface area is 120 Å². The van der Waals surface area contributed by atoms with Gasteiger partial charge in [-0.15, -0.1) is 0 Å². The minimum atomic E-state index is 0.0669. The van der Waals surface area contributed by atoms with Crippen LogP contribution in [0.5, 0.6) is 0 Å². The molecule has 0 spiro atoms. The molecule has 5 nitrogen and oxygen atoms in total. The second kappa shape index (κ2) is 6.88. The van der Waals surface area contributed by atoms with Crippen LogP contribution >= 0.6 is 0 Å². The van der Waals surface area contributed by atoms with E-state index in [2.05, 4.69) is 5.10 Å². The fourth-order valence-electron chi connectivity index (χ4n) is 2.59. The third kappa shape index (κ3) is 3.03. The average molecular weight is 279 g/mol. The van der Waals surface area contributed by atoms with E-state index in [0.717, 1.165) is 25.0 Å². The maximum atomic E-state index is 12.8. The third-order valence-corrected chi connectivity index (χ3v) is 4.04. The molecule has 2 rings (SSSR count). The van der Waals surface area contributed by atoms with Gasteiger partial charge in [-0.2, -0.15) is 5.10 Å². The van der Waals surface area contributed by atoms with E-state index in [1.54, 1.807) is 4.68 Å². The SMILES string of the molecule is CCc1cc(C(=O)N(CCCO)C2CCC2)n(CC)n1. The molecule has 1 heterocycles. The van der Waals surface area contributed by atoms with Crippen molar-refractivity contribution < 1.29 is 9.90 Å². The van der Waals surface area contributed by atoms with E-state index in [4.69, 9.17) is 5.11 Å². The normalized spacial score (nSPS) is 15.2. The van der Waals surface area contributed by atoms with E-state index in [1.165, 1.54) is 6.42 Å². The number of hydrogen-bond donors (Lipinski definition) is 1. The Morgan fingerprint density at radius 1 is 1.50 bits per heavy atom. The van der Waals surface area contributed by atoms with E-state index in [1.807, 2.05) is 24.8 Å². The molecule has 0 unspecified atom stereocenters. The van der Waals surface area contributed by atoms with Crippen LogP contribution in [0.25, 0.3) is 0 Å². The lowest BCUT2D eigenvalue weighted by Crippen LogP contribution is -2.45. The van der Waals surface area contributed by atoms with Crippen LogP contribution in [0, 0.1) is 0 Å². The zero-order valence-corrected chi connectivity index (χ0v) is 12.5. The van der Waals surface area contributed by atoms with Crippen molar-refractivity contribution >= 4 is 5.91 Å². The number of amides is 1. The van der Waals surface area contributed by atoms with Crippen molar-refractivity contribution in [2.45, 2.75) is 58.5 Å². The van der Waals surface area contributed by atoms with Gasteiger partial charge in [0.1, 0.15) is 5.69 Å². The zero-order valence-electron chi connectivity index (χ0n) is 12.5. The molecule has 0 atom stereocenters. The summed E-state index contributed by atoms with van der Waals surface area (Å²) in [5.74, 6) is 0.0669. The summed E-state index contributed by atoms with van der Waals surface area (Å²) < 4.78 is 1.80. The van der Waals surface area contributed by atoms with Gasteiger partial charge in [0.05, 0.1) is 5.69 Å². The molecule has 0 aliphatic heterocycles. The van der Waals surface area contributed by atoms with Crippen molar-refractivity contribution in [1.82, 2.24) is 14.7 Å². The van der Waals surface area contributed by atoms with Crippen LogP contribution in [-0.2, 0) is 13.0 Å². The highest BCUT2D eigenvalue weighted by Crippen LogP contribution is 2.26. The fraction of sp³-hybridized carbons (Fsp3) is 0.733. The van der Waals surface area contributed by atoms with Gasteiger partial charge >= 0.3 is 0 Å². The number of aliphatic hydroxyl groups excluding tert-OH is 1. The maximum absolute atomic E-state index is 12.8. The average Bonchev–Trinajstić information content (AvgIpc) is 2.83. The van der Waals surface area contributed by atoms with Crippen LogP contribution in [0.3, 0.4) is 0 Å². The summed E-state index contributed by atoms with van der Waals surface area (Å²) in [6.45, 7) is 5.52. The molecule has 0 aromatic carbocycles. The van der Waals surface area contributed by atoms with Gasteiger partial charge in [-0.3, -0.25) is 9.48 Å².